The monoisotopic (exact) mass is 828 g/mol. The first kappa shape index (κ1) is 45.0. The zero-order valence-electron chi connectivity index (χ0n) is 36.1. The maximum Gasteiger partial charge on any atom is 0.509 e. The third kappa shape index (κ3) is 11.1. The Bertz CT molecular complexity index is 1890. The van der Waals surface area contributed by atoms with Crippen LogP contribution in [0.15, 0.2) is 84.9 Å². The Morgan fingerprint density at radius 3 is 1.86 bits per heavy atom. The van der Waals surface area contributed by atoms with E-state index in [9.17, 15) is 19.6 Å². The Kier molecular flexibility index (Phi) is 13.7. The summed E-state index contributed by atoms with van der Waals surface area (Å²) in [5.74, 6) is 0.659. The fourth-order valence-electron chi connectivity index (χ4n) is 7.69. The van der Waals surface area contributed by atoms with Gasteiger partial charge in [-0.2, -0.15) is 5.26 Å². The Labute approximate surface area is 350 Å². The number of methoxy groups -OCH3 is 1. The lowest BCUT2D eigenvalue weighted by molar-refractivity contribution is -0.0528. The summed E-state index contributed by atoms with van der Waals surface area (Å²) in [5.41, 5.74) is -1.89. The first-order chi connectivity index (χ1) is 27.7. The molecule has 3 atom stereocenters. The lowest BCUT2D eigenvalue weighted by atomic mass is 9.96. The van der Waals surface area contributed by atoms with Crippen molar-refractivity contribution in [1.82, 2.24) is 15.1 Å². The van der Waals surface area contributed by atoms with E-state index in [2.05, 4.69) is 61.3 Å². The van der Waals surface area contributed by atoms with Gasteiger partial charge in [0.2, 0.25) is 0 Å². The van der Waals surface area contributed by atoms with Crippen molar-refractivity contribution >= 4 is 37.0 Å². The molecular weight excluding hydrogens is 769 g/mol. The maximum absolute atomic E-state index is 13.6. The van der Waals surface area contributed by atoms with Gasteiger partial charge in [-0.05, 0) is 81.1 Å². The summed E-state index contributed by atoms with van der Waals surface area (Å²) in [6, 6.07) is 29.5. The van der Waals surface area contributed by atoms with Crippen molar-refractivity contribution in [1.29, 1.82) is 5.26 Å². The molecule has 3 aromatic rings. The van der Waals surface area contributed by atoms with Gasteiger partial charge < -0.3 is 33.4 Å². The summed E-state index contributed by atoms with van der Waals surface area (Å²) >= 11 is 0. The van der Waals surface area contributed by atoms with Gasteiger partial charge in [0.05, 0.1) is 25.8 Å². The number of amides is 2. The van der Waals surface area contributed by atoms with E-state index in [0.29, 0.717) is 25.4 Å². The van der Waals surface area contributed by atoms with Crippen LogP contribution in [-0.2, 0) is 29.8 Å². The summed E-state index contributed by atoms with van der Waals surface area (Å²) in [6.07, 6.45) is -4.23. The van der Waals surface area contributed by atoms with Crippen LogP contribution in [-0.4, -0.2) is 111 Å². The zero-order chi connectivity index (χ0) is 43.2. The Morgan fingerprint density at radius 1 is 0.814 bits per heavy atom. The summed E-state index contributed by atoms with van der Waals surface area (Å²) in [4.78, 5) is 43.7. The molecule has 0 aromatic heterocycles. The number of ether oxygens (including phenoxy) is 5. The van der Waals surface area contributed by atoms with Gasteiger partial charge in [-0.1, -0.05) is 93.6 Å². The van der Waals surface area contributed by atoms with Crippen LogP contribution >= 0.6 is 0 Å². The van der Waals surface area contributed by atoms with Crippen LogP contribution in [0.5, 0.6) is 5.75 Å². The van der Waals surface area contributed by atoms with Crippen molar-refractivity contribution in [3.63, 3.8) is 0 Å². The molecule has 0 aliphatic carbocycles. The van der Waals surface area contributed by atoms with Crippen molar-refractivity contribution in [3.05, 3.63) is 90.5 Å². The van der Waals surface area contributed by atoms with E-state index in [1.807, 2.05) is 48.5 Å². The van der Waals surface area contributed by atoms with Gasteiger partial charge in [-0.3, -0.25) is 9.80 Å². The van der Waals surface area contributed by atoms with E-state index in [0.717, 1.165) is 15.9 Å². The third-order valence-corrected chi connectivity index (χ3v) is 15.4. The SMILES string of the molecule is COc1ccc(C[C@@H]2[C@H](OC(=O)NCCN3CC(C#N)(O[Si](c4ccccc4)(c4ccccc4)C(C)(C)C)C3)[C@@H](OC(=O)OC(C)(C)C)CN2C(=O)OC(C)(C)C)cc1. The molecule has 59 heavy (non-hydrogen) atoms. The second kappa shape index (κ2) is 18.0. The number of nitrogens with zero attached hydrogens (tertiary/aromatic N) is 3. The number of likely N-dealkylation sites (tertiary alicyclic amines) is 2. The van der Waals surface area contributed by atoms with Crippen molar-refractivity contribution < 1.29 is 42.5 Å². The second-order valence-electron chi connectivity index (χ2n) is 18.3. The smallest absolute Gasteiger partial charge is 0.497 e. The van der Waals surface area contributed by atoms with E-state index in [1.165, 1.54) is 4.90 Å². The molecule has 1 N–H and O–H groups in total. The number of alkyl carbamates (subject to hydrolysis) is 1. The number of benzene rings is 3. The topological polar surface area (TPSA) is 149 Å². The van der Waals surface area contributed by atoms with Crippen LogP contribution < -0.4 is 20.4 Å². The summed E-state index contributed by atoms with van der Waals surface area (Å²) in [7, 11) is -1.43. The minimum atomic E-state index is -3.00. The molecule has 13 nitrogen and oxygen atoms in total. The molecule has 5 rings (SSSR count). The molecule has 0 unspecified atom stereocenters. The van der Waals surface area contributed by atoms with Gasteiger partial charge in [-0.15, -0.1) is 0 Å². The lowest BCUT2D eigenvalue weighted by Gasteiger charge is -2.53. The van der Waals surface area contributed by atoms with Crippen molar-refractivity contribution in [2.45, 2.75) is 109 Å². The molecule has 2 aliphatic heterocycles. The van der Waals surface area contributed by atoms with Gasteiger partial charge in [0.1, 0.15) is 17.0 Å². The van der Waals surface area contributed by atoms with E-state index < -0.39 is 61.7 Å². The first-order valence-corrected chi connectivity index (χ1v) is 22.0. The van der Waals surface area contributed by atoms with Crippen LogP contribution in [0.1, 0.15) is 67.9 Å². The van der Waals surface area contributed by atoms with Gasteiger partial charge in [0.25, 0.3) is 8.32 Å². The largest absolute Gasteiger partial charge is 0.509 e. The van der Waals surface area contributed by atoms with Crippen LogP contribution in [0.25, 0.3) is 0 Å². The average Bonchev–Trinajstić information content (AvgIpc) is 3.46. The first-order valence-electron chi connectivity index (χ1n) is 20.1. The fraction of sp³-hybridized carbons (Fsp3) is 0.511. The molecule has 318 valence electrons. The minimum absolute atomic E-state index is 0.0950. The van der Waals surface area contributed by atoms with Gasteiger partial charge >= 0.3 is 18.3 Å². The van der Waals surface area contributed by atoms with Crippen LogP contribution in [0.3, 0.4) is 0 Å². The molecule has 2 saturated heterocycles. The third-order valence-electron chi connectivity index (χ3n) is 10.3. The number of nitrogens with one attached hydrogen (secondary N) is 1. The average molecular weight is 829 g/mol. The van der Waals surface area contributed by atoms with Crippen LogP contribution in [0.4, 0.5) is 14.4 Å². The summed E-state index contributed by atoms with van der Waals surface area (Å²) < 4.78 is 35.5. The van der Waals surface area contributed by atoms with Crippen molar-refractivity contribution in [3.8, 4) is 11.8 Å². The molecule has 2 fully saturated rings. The Balaban J connectivity index is 1.30. The zero-order valence-corrected chi connectivity index (χ0v) is 37.1. The molecule has 2 heterocycles. The quantitative estimate of drug-likeness (QED) is 0.122. The van der Waals surface area contributed by atoms with E-state index in [1.54, 1.807) is 60.8 Å². The molecular formula is C45H60N4O9Si. The molecule has 14 heteroatoms. The number of nitriles is 1. The number of hydrogen-bond donors (Lipinski definition) is 1. The highest BCUT2D eigenvalue weighted by Gasteiger charge is 2.58. The number of carbonyl (C=O) groups excluding carboxylic acids is 3. The van der Waals surface area contributed by atoms with Gasteiger partial charge in [-0.25, -0.2) is 14.4 Å². The molecule has 3 aromatic carbocycles. The predicted octanol–water partition coefficient (Wildman–Crippen LogP) is 6.43. The Hall–Kier alpha value is -5.10. The fourth-order valence-corrected chi connectivity index (χ4v) is 12.4. The summed E-state index contributed by atoms with van der Waals surface area (Å²) in [5, 5.41) is 15.3. The number of rotatable bonds is 12. The van der Waals surface area contributed by atoms with Crippen molar-refractivity contribution in [2.75, 3.05) is 39.8 Å². The Morgan fingerprint density at radius 2 is 1.37 bits per heavy atom. The maximum atomic E-state index is 13.6. The van der Waals surface area contributed by atoms with E-state index >= 15 is 0 Å². The lowest BCUT2D eigenvalue weighted by Crippen LogP contribution is -2.75. The second-order valence-corrected chi connectivity index (χ2v) is 22.5. The van der Waals surface area contributed by atoms with Gasteiger partial charge in [0.15, 0.2) is 17.8 Å². The highest BCUT2D eigenvalue weighted by Crippen LogP contribution is 2.41. The van der Waals surface area contributed by atoms with E-state index in [-0.39, 0.29) is 24.5 Å². The molecule has 0 saturated carbocycles. The highest BCUT2D eigenvalue weighted by atomic mass is 28.4. The van der Waals surface area contributed by atoms with E-state index in [4.69, 9.17) is 28.1 Å². The number of carbonyl (C=O) groups is 3. The predicted molar refractivity (Wildman–Crippen MR) is 226 cm³/mol. The van der Waals surface area contributed by atoms with Crippen LogP contribution in [0.2, 0.25) is 5.04 Å². The molecule has 2 aliphatic rings. The minimum Gasteiger partial charge on any atom is -0.497 e. The molecule has 0 spiro atoms. The highest BCUT2D eigenvalue weighted by molar-refractivity contribution is 6.99. The van der Waals surface area contributed by atoms with Crippen molar-refractivity contribution in [2.24, 2.45) is 0 Å². The molecule has 2 amide bonds. The number of hydrogen-bond acceptors (Lipinski definition) is 11. The van der Waals surface area contributed by atoms with Gasteiger partial charge in [0, 0.05) is 26.2 Å². The summed E-state index contributed by atoms with van der Waals surface area (Å²) in [6.45, 7) is 18.2. The van der Waals surface area contributed by atoms with Crippen LogP contribution in [0, 0.1) is 11.3 Å². The molecule has 0 radical (unpaired) electrons. The standard InChI is InChI=1S/C45H60N4O9Si/c1-42(2,3)56-40(51)49-28-37(54-41(52)57-43(4,5)6)38(36(49)27-32-21-23-33(53-10)24-22-32)55-39(50)47-25-26-48-30-45(29-46,31-48)58-59(44(7,8)9,34-17-13-11-14-18-34)35-19-15-12-16-20-35/h11-24,36-38H,25-28,30-31H2,1-10H3,(H,47,50)/t36-,37+,38+/m1/s1. The molecule has 0 bridgehead atoms. The normalized spacial score (nSPS) is 19.5.